The van der Waals surface area contributed by atoms with Crippen LogP contribution >= 0.6 is 0 Å². The third-order valence-electron chi connectivity index (χ3n) is 4.30. The van der Waals surface area contributed by atoms with Crippen molar-refractivity contribution in [2.75, 3.05) is 33.0 Å². The van der Waals surface area contributed by atoms with Crippen LogP contribution in [-0.4, -0.2) is 43.4 Å². The third-order valence-corrected chi connectivity index (χ3v) is 4.30. The van der Waals surface area contributed by atoms with Gasteiger partial charge in [-0.15, -0.1) is 0 Å². The number of nitrogens with two attached hydrogens (primary N) is 1. The first-order valence-corrected chi connectivity index (χ1v) is 6.85. The highest BCUT2D eigenvalue weighted by molar-refractivity contribution is 5.13. The molecule has 2 aliphatic heterocycles. The maximum Gasteiger partial charge on any atom is 0.364 e. The Hall–Kier alpha value is -1.50. The number of hydrogen-bond donors (Lipinski definition) is 3. The summed E-state index contributed by atoms with van der Waals surface area (Å²) in [7, 11) is 0. The van der Waals surface area contributed by atoms with Crippen molar-refractivity contribution < 1.29 is 20.0 Å². The number of nitrogens with zero attached hydrogens (tertiary/aromatic N) is 1. The van der Waals surface area contributed by atoms with Crippen LogP contribution in [0.5, 0.6) is 0 Å². The summed E-state index contributed by atoms with van der Waals surface area (Å²) in [4.78, 5) is 14.1. The van der Waals surface area contributed by atoms with Crippen LogP contribution in [0.25, 0.3) is 0 Å². The van der Waals surface area contributed by atoms with E-state index in [9.17, 15) is 10.1 Å². The second-order valence-corrected chi connectivity index (χ2v) is 5.87. The van der Waals surface area contributed by atoms with Crippen LogP contribution in [0.3, 0.4) is 0 Å². The van der Waals surface area contributed by atoms with Gasteiger partial charge in [0, 0.05) is 10.5 Å². The molecule has 2 saturated heterocycles. The summed E-state index contributed by atoms with van der Waals surface area (Å²) < 4.78 is 0. The lowest BCUT2D eigenvalue weighted by atomic mass is 9.94. The molecular formula is C13H21N4O2+3. The molecule has 2 aliphatic rings. The average Bonchev–Trinajstić information content (AvgIpc) is 2.39. The number of quaternary nitrogens is 3. The largest absolute Gasteiger partial charge is 0.364 e. The van der Waals surface area contributed by atoms with Crippen molar-refractivity contribution in [3.05, 3.63) is 46.0 Å². The van der Waals surface area contributed by atoms with E-state index in [1.54, 1.807) is 0 Å². The summed E-state index contributed by atoms with van der Waals surface area (Å²) in [5.41, 5.74) is 0.538. The number of hydrogen-bond acceptors (Lipinski definition) is 2. The molecule has 0 amide bonds. The standard InChI is InChI=1S/C13H18N4O2/c18-17(19)13-7-14-10-16(9-13)11-15(8-13)6-12-4-2-1-3-5-12/h1-5,14H,6-11H2/p+3/t13-/m1/s1. The maximum atomic E-state index is 11.4. The lowest BCUT2D eigenvalue weighted by Crippen LogP contribution is -3.42. The molecule has 1 aromatic carbocycles. The van der Waals surface area contributed by atoms with Crippen LogP contribution < -0.4 is 15.1 Å². The molecule has 0 aromatic heterocycles. The van der Waals surface area contributed by atoms with Crippen molar-refractivity contribution in [3.63, 3.8) is 0 Å². The van der Waals surface area contributed by atoms with Crippen molar-refractivity contribution in [1.29, 1.82) is 0 Å². The minimum Gasteiger partial charge on any atom is -0.293 e. The highest BCUT2D eigenvalue weighted by Crippen LogP contribution is 2.05. The first-order chi connectivity index (χ1) is 9.18. The van der Waals surface area contributed by atoms with Gasteiger partial charge in [0.1, 0.15) is 6.54 Å². The van der Waals surface area contributed by atoms with Gasteiger partial charge in [-0.1, -0.05) is 30.3 Å². The van der Waals surface area contributed by atoms with Crippen LogP contribution in [0.15, 0.2) is 30.3 Å². The van der Waals surface area contributed by atoms with Crippen molar-refractivity contribution in [2.24, 2.45) is 0 Å². The van der Waals surface area contributed by atoms with Crippen LogP contribution in [0.2, 0.25) is 0 Å². The molecule has 2 fully saturated rings. The van der Waals surface area contributed by atoms with Crippen molar-refractivity contribution in [1.82, 2.24) is 0 Å². The molecule has 1 aromatic rings. The van der Waals surface area contributed by atoms with E-state index < -0.39 is 5.54 Å². The molecule has 0 saturated carbocycles. The minimum absolute atomic E-state index is 0.0349. The monoisotopic (exact) mass is 265 g/mol. The second kappa shape index (κ2) is 4.88. The summed E-state index contributed by atoms with van der Waals surface area (Å²) in [6.07, 6.45) is 0. The number of nitro groups is 1. The Morgan fingerprint density at radius 2 is 2.11 bits per heavy atom. The fraction of sp³-hybridized carbons (Fsp3) is 0.538. The fourth-order valence-electron chi connectivity index (χ4n) is 3.52. The molecule has 19 heavy (non-hydrogen) atoms. The molecule has 6 nitrogen and oxygen atoms in total. The highest BCUT2D eigenvalue weighted by atomic mass is 16.6. The number of benzene rings is 1. The summed E-state index contributed by atoms with van der Waals surface area (Å²) >= 11 is 0. The van der Waals surface area contributed by atoms with E-state index in [1.165, 1.54) is 15.4 Å². The molecule has 2 bridgehead atoms. The van der Waals surface area contributed by atoms with E-state index in [-0.39, 0.29) is 4.92 Å². The Bertz CT molecular complexity index is 467. The number of rotatable bonds is 3. The van der Waals surface area contributed by atoms with E-state index >= 15 is 0 Å². The lowest BCUT2D eigenvalue weighted by Gasteiger charge is -2.39. The van der Waals surface area contributed by atoms with E-state index in [4.69, 9.17) is 0 Å². The SMILES string of the molecule is O=[N+]([O-])[C@]12C[NH2+]C[NH+](C[NH+](Cc3ccccc3)C1)C2. The van der Waals surface area contributed by atoms with Gasteiger partial charge >= 0.3 is 5.54 Å². The van der Waals surface area contributed by atoms with Gasteiger partial charge in [0.2, 0.25) is 13.3 Å². The summed E-state index contributed by atoms with van der Waals surface area (Å²) in [6.45, 7) is 4.81. The van der Waals surface area contributed by atoms with Gasteiger partial charge in [0.25, 0.3) is 0 Å². The quantitative estimate of drug-likeness (QED) is 0.392. The molecule has 4 N–H and O–H groups in total. The van der Waals surface area contributed by atoms with Crippen molar-refractivity contribution in [3.8, 4) is 0 Å². The predicted octanol–water partition coefficient (Wildman–Crippen LogP) is -3.52. The zero-order chi connectivity index (χ0) is 13.3. The Morgan fingerprint density at radius 3 is 2.84 bits per heavy atom. The topological polar surface area (TPSA) is 68.6 Å². The van der Waals surface area contributed by atoms with Crippen LogP contribution in [0.4, 0.5) is 0 Å². The molecule has 2 unspecified atom stereocenters. The predicted molar refractivity (Wildman–Crippen MR) is 68.1 cm³/mol. The van der Waals surface area contributed by atoms with Gasteiger partial charge in [0.05, 0.1) is 0 Å². The van der Waals surface area contributed by atoms with E-state index in [0.29, 0.717) is 19.6 Å². The first-order valence-electron chi connectivity index (χ1n) is 6.85. The van der Waals surface area contributed by atoms with Crippen LogP contribution in [0, 0.1) is 10.1 Å². The summed E-state index contributed by atoms with van der Waals surface area (Å²) in [5, 5.41) is 13.5. The zero-order valence-corrected chi connectivity index (χ0v) is 11.0. The molecule has 6 heteroatoms. The van der Waals surface area contributed by atoms with Gasteiger partial charge < -0.3 is 0 Å². The Labute approximate surface area is 112 Å². The van der Waals surface area contributed by atoms with Crippen LogP contribution in [-0.2, 0) is 6.54 Å². The molecule has 2 heterocycles. The van der Waals surface area contributed by atoms with Crippen molar-refractivity contribution in [2.45, 2.75) is 12.1 Å². The molecular weight excluding hydrogens is 244 g/mol. The van der Waals surface area contributed by atoms with E-state index in [2.05, 4.69) is 17.4 Å². The van der Waals surface area contributed by atoms with Gasteiger partial charge in [-0.05, 0) is 0 Å². The molecule has 0 aliphatic carbocycles. The second-order valence-electron chi connectivity index (χ2n) is 5.87. The van der Waals surface area contributed by atoms with Crippen LogP contribution in [0.1, 0.15) is 5.56 Å². The normalized spacial score (nSPS) is 33.9. The number of nitrogens with one attached hydrogen (secondary N) is 2. The molecule has 3 rings (SSSR count). The molecule has 0 radical (unpaired) electrons. The van der Waals surface area contributed by atoms with E-state index in [1.807, 2.05) is 18.2 Å². The maximum absolute atomic E-state index is 11.4. The van der Waals surface area contributed by atoms with Gasteiger partial charge in [-0.25, -0.2) is 4.90 Å². The smallest absolute Gasteiger partial charge is 0.293 e. The van der Waals surface area contributed by atoms with Gasteiger partial charge in [-0.3, -0.25) is 20.3 Å². The van der Waals surface area contributed by atoms with Gasteiger partial charge in [0.15, 0.2) is 19.6 Å². The molecule has 0 spiro atoms. The zero-order valence-electron chi connectivity index (χ0n) is 11.0. The van der Waals surface area contributed by atoms with Crippen molar-refractivity contribution >= 4 is 0 Å². The Kier molecular flexibility index (Phi) is 3.22. The average molecular weight is 265 g/mol. The summed E-state index contributed by atoms with van der Waals surface area (Å²) in [6, 6.07) is 10.3. The summed E-state index contributed by atoms with van der Waals surface area (Å²) in [5.74, 6) is 0. The molecule has 102 valence electrons. The van der Waals surface area contributed by atoms with Gasteiger partial charge in [-0.2, -0.15) is 0 Å². The Balaban J connectivity index is 1.75. The third kappa shape index (κ3) is 2.47. The lowest BCUT2D eigenvalue weighted by molar-refractivity contribution is -1.17. The minimum atomic E-state index is -0.726. The highest BCUT2D eigenvalue weighted by Gasteiger charge is 2.59. The first kappa shape index (κ1) is 12.5. The van der Waals surface area contributed by atoms with E-state index in [0.717, 1.165) is 19.9 Å². The number of fused-ring (bicyclic) bond motifs is 2. The molecule has 3 atom stereocenters. The fourth-order valence-corrected chi connectivity index (χ4v) is 3.52. The Morgan fingerprint density at radius 1 is 1.32 bits per heavy atom.